The maximum Gasteiger partial charge on any atom is 0.338 e. The number of hydrogen-bond acceptors (Lipinski definition) is 4. The zero-order chi connectivity index (χ0) is 18.4. The van der Waals surface area contributed by atoms with Crippen molar-refractivity contribution in [2.75, 3.05) is 11.9 Å². The third kappa shape index (κ3) is 5.01. The maximum atomic E-state index is 12.2. The molecule has 0 spiro atoms. The van der Waals surface area contributed by atoms with Gasteiger partial charge in [0.25, 0.3) is 0 Å². The first-order chi connectivity index (χ1) is 11.9. The fourth-order valence-corrected chi connectivity index (χ4v) is 2.19. The predicted octanol–water partition coefficient (Wildman–Crippen LogP) is 3.69. The molecule has 5 heteroatoms. The van der Waals surface area contributed by atoms with E-state index < -0.39 is 5.97 Å². The highest BCUT2D eigenvalue weighted by atomic mass is 16.5. The van der Waals surface area contributed by atoms with Gasteiger partial charge in [0.1, 0.15) is 0 Å². The third-order valence-electron chi connectivity index (χ3n) is 3.87. The first-order valence-corrected chi connectivity index (χ1v) is 8.08. The van der Waals surface area contributed by atoms with Crippen LogP contribution in [0.4, 0.5) is 5.69 Å². The summed E-state index contributed by atoms with van der Waals surface area (Å²) in [6.45, 7) is 5.31. The van der Waals surface area contributed by atoms with Gasteiger partial charge in [0.2, 0.25) is 5.91 Å². The Morgan fingerprint density at radius 1 is 0.960 bits per heavy atom. The van der Waals surface area contributed by atoms with E-state index in [4.69, 9.17) is 4.74 Å². The molecule has 0 aromatic heterocycles. The maximum absolute atomic E-state index is 12.2. The molecule has 25 heavy (non-hydrogen) atoms. The predicted molar refractivity (Wildman–Crippen MR) is 95.9 cm³/mol. The monoisotopic (exact) mass is 339 g/mol. The Morgan fingerprint density at radius 2 is 1.72 bits per heavy atom. The van der Waals surface area contributed by atoms with E-state index in [0.29, 0.717) is 17.7 Å². The first-order valence-electron chi connectivity index (χ1n) is 8.08. The topological polar surface area (TPSA) is 72.5 Å². The number of rotatable bonds is 6. The molecule has 0 bridgehead atoms. The molecule has 0 aliphatic carbocycles. The quantitative estimate of drug-likeness (QED) is 0.643. The summed E-state index contributed by atoms with van der Waals surface area (Å²) in [5, 5.41) is 2.68. The van der Waals surface area contributed by atoms with Crippen molar-refractivity contribution in [3.05, 3.63) is 64.7 Å². The molecule has 0 atom stereocenters. The molecule has 0 saturated carbocycles. The Balaban J connectivity index is 2.00. The Kier molecular flexibility index (Phi) is 6.06. The number of anilines is 1. The van der Waals surface area contributed by atoms with Gasteiger partial charge in [-0.2, -0.15) is 0 Å². The molecular weight excluding hydrogens is 318 g/mol. The summed E-state index contributed by atoms with van der Waals surface area (Å²) in [6.07, 6.45) is 0.346. The number of amides is 1. The summed E-state index contributed by atoms with van der Waals surface area (Å²) in [4.78, 5) is 35.7. The molecule has 2 rings (SSSR count). The Morgan fingerprint density at radius 3 is 2.40 bits per heavy atom. The van der Waals surface area contributed by atoms with Crippen molar-refractivity contribution in [1.82, 2.24) is 0 Å². The van der Waals surface area contributed by atoms with E-state index >= 15 is 0 Å². The highest BCUT2D eigenvalue weighted by Crippen LogP contribution is 2.13. The van der Waals surface area contributed by atoms with E-state index in [0.717, 1.165) is 11.1 Å². The number of ketones is 1. The number of esters is 1. The molecule has 0 unspecified atom stereocenters. The number of aryl methyl sites for hydroxylation is 2. The molecule has 0 fully saturated rings. The van der Waals surface area contributed by atoms with Gasteiger partial charge in [-0.05, 0) is 49.2 Å². The van der Waals surface area contributed by atoms with Crippen LogP contribution in [0.5, 0.6) is 0 Å². The van der Waals surface area contributed by atoms with Crippen LogP contribution in [-0.4, -0.2) is 24.3 Å². The van der Waals surface area contributed by atoms with E-state index in [1.54, 1.807) is 37.3 Å². The lowest BCUT2D eigenvalue weighted by molar-refractivity contribution is -0.115. The van der Waals surface area contributed by atoms with E-state index in [-0.39, 0.29) is 23.9 Å². The highest BCUT2D eigenvalue weighted by molar-refractivity contribution is 6.00. The van der Waals surface area contributed by atoms with E-state index in [2.05, 4.69) is 5.32 Å². The van der Waals surface area contributed by atoms with Crippen molar-refractivity contribution in [2.45, 2.75) is 27.2 Å². The van der Waals surface area contributed by atoms with Crippen LogP contribution in [0.3, 0.4) is 0 Å². The molecule has 0 aliphatic heterocycles. The van der Waals surface area contributed by atoms with Crippen molar-refractivity contribution in [3.63, 3.8) is 0 Å². The highest BCUT2D eigenvalue weighted by Gasteiger charge is 2.13. The summed E-state index contributed by atoms with van der Waals surface area (Å²) < 4.78 is 5.10. The number of nitrogens with one attached hydrogen (secondary N) is 1. The van der Waals surface area contributed by atoms with Crippen molar-refractivity contribution in [2.24, 2.45) is 0 Å². The van der Waals surface area contributed by atoms with Gasteiger partial charge in [-0.3, -0.25) is 9.59 Å². The second-order valence-electron chi connectivity index (χ2n) is 5.78. The van der Waals surface area contributed by atoms with Gasteiger partial charge in [0, 0.05) is 17.7 Å². The molecular formula is C20H21NO4. The van der Waals surface area contributed by atoms with Crippen molar-refractivity contribution >= 4 is 23.3 Å². The minimum absolute atomic E-state index is 0.143. The minimum Gasteiger partial charge on any atom is -0.454 e. The van der Waals surface area contributed by atoms with Gasteiger partial charge >= 0.3 is 5.97 Å². The molecule has 5 nitrogen and oxygen atoms in total. The summed E-state index contributed by atoms with van der Waals surface area (Å²) in [7, 11) is 0. The summed E-state index contributed by atoms with van der Waals surface area (Å²) in [5.74, 6) is -1.01. The van der Waals surface area contributed by atoms with E-state index in [9.17, 15) is 14.4 Å². The summed E-state index contributed by atoms with van der Waals surface area (Å²) in [5.41, 5.74) is 3.42. The normalized spacial score (nSPS) is 10.2. The van der Waals surface area contributed by atoms with Crippen LogP contribution in [0.15, 0.2) is 42.5 Å². The summed E-state index contributed by atoms with van der Waals surface area (Å²) >= 11 is 0. The second kappa shape index (κ2) is 8.24. The molecule has 0 saturated heterocycles. The van der Waals surface area contributed by atoms with E-state index in [1.807, 2.05) is 19.9 Å². The van der Waals surface area contributed by atoms with Crippen LogP contribution in [0.25, 0.3) is 0 Å². The molecule has 2 aromatic rings. The van der Waals surface area contributed by atoms with Gasteiger partial charge < -0.3 is 10.1 Å². The van der Waals surface area contributed by atoms with Gasteiger partial charge in [-0.1, -0.05) is 25.1 Å². The van der Waals surface area contributed by atoms with E-state index in [1.165, 1.54) is 6.07 Å². The largest absolute Gasteiger partial charge is 0.454 e. The third-order valence-corrected chi connectivity index (χ3v) is 3.87. The zero-order valence-electron chi connectivity index (χ0n) is 14.6. The number of carbonyl (C=O) groups excluding carboxylic acids is 3. The van der Waals surface area contributed by atoms with Crippen LogP contribution < -0.4 is 5.32 Å². The number of Topliss-reactive ketones (excluding diaryl/α,β-unsaturated/α-hetero) is 1. The summed E-state index contributed by atoms with van der Waals surface area (Å²) in [6, 6.07) is 11.8. The van der Waals surface area contributed by atoms with Gasteiger partial charge in [0.05, 0.1) is 5.56 Å². The second-order valence-corrected chi connectivity index (χ2v) is 5.78. The zero-order valence-corrected chi connectivity index (χ0v) is 14.6. The first kappa shape index (κ1) is 18.4. The fourth-order valence-electron chi connectivity index (χ4n) is 2.19. The number of benzene rings is 2. The Hall–Kier alpha value is -2.95. The molecule has 1 N–H and O–H groups in total. The lowest BCUT2D eigenvalue weighted by Gasteiger charge is -2.08. The van der Waals surface area contributed by atoms with Crippen molar-refractivity contribution in [3.8, 4) is 0 Å². The number of ether oxygens (including phenoxy) is 1. The fraction of sp³-hybridized carbons (Fsp3) is 0.250. The Bertz CT molecular complexity index is 811. The van der Waals surface area contributed by atoms with Crippen LogP contribution in [0, 0.1) is 13.8 Å². The average Bonchev–Trinajstić information content (AvgIpc) is 2.61. The molecule has 130 valence electrons. The van der Waals surface area contributed by atoms with Crippen LogP contribution in [0.1, 0.15) is 45.2 Å². The Labute approximate surface area is 147 Å². The molecule has 0 radical (unpaired) electrons. The lowest BCUT2D eigenvalue weighted by atomic mass is 10.0. The number of carbonyl (C=O) groups is 3. The molecule has 0 heterocycles. The molecule has 1 amide bonds. The van der Waals surface area contributed by atoms with Crippen molar-refractivity contribution < 1.29 is 19.1 Å². The van der Waals surface area contributed by atoms with Crippen molar-refractivity contribution in [1.29, 1.82) is 0 Å². The minimum atomic E-state index is -0.607. The number of hydrogen-bond donors (Lipinski definition) is 1. The lowest BCUT2D eigenvalue weighted by Crippen LogP contribution is -2.15. The van der Waals surface area contributed by atoms with Crippen LogP contribution in [-0.2, 0) is 9.53 Å². The SMILES string of the molecule is CCC(=O)Nc1cccc(C(=O)OCC(=O)c2ccc(C)c(C)c2)c1. The van der Waals surface area contributed by atoms with Crippen LogP contribution >= 0.6 is 0 Å². The average molecular weight is 339 g/mol. The van der Waals surface area contributed by atoms with Gasteiger partial charge in [0.15, 0.2) is 12.4 Å². The van der Waals surface area contributed by atoms with Gasteiger partial charge in [-0.25, -0.2) is 4.79 Å². The van der Waals surface area contributed by atoms with Crippen LogP contribution in [0.2, 0.25) is 0 Å². The molecule has 0 aliphatic rings. The molecule has 2 aromatic carbocycles. The standard InChI is InChI=1S/C20H21NO4/c1-4-19(23)21-17-7-5-6-16(11-17)20(24)25-12-18(22)15-9-8-13(2)14(3)10-15/h5-11H,4,12H2,1-3H3,(H,21,23). The smallest absolute Gasteiger partial charge is 0.338 e. The van der Waals surface area contributed by atoms with Gasteiger partial charge in [-0.15, -0.1) is 0 Å².